The van der Waals surface area contributed by atoms with Gasteiger partial charge in [0.1, 0.15) is 0 Å². The summed E-state index contributed by atoms with van der Waals surface area (Å²) in [4.78, 5) is 3.86. The molecule has 3 aromatic rings. The van der Waals surface area contributed by atoms with E-state index in [1.807, 2.05) is 12.4 Å². The fraction of sp³-hybridized carbons (Fsp3) is 0.300. The molecule has 44 heavy (non-hydrogen) atoms. The zero-order chi connectivity index (χ0) is 34.2. The van der Waals surface area contributed by atoms with Gasteiger partial charge < -0.3 is 4.55 Å². The Morgan fingerprint density at radius 2 is 0.955 bits per heavy atom. The number of rotatable bonds is 3. The van der Waals surface area contributed by atoms with Crippen molar-refractivity contribution in [3.63, 3.8) is 0 Å². The molecule has 1 unspecified atom stereocenters. The van der Waals surface area contributed by atoms with Gasteiger partial charge in [-0.3, -0.25) is 4.99 Å². The standard InChI is InChI=1S/3C8H11P.C5H7N.CHF3O3S.2ClH.Re/c3*1-9(2)8-6-4-3-5-7-8;1-5-2-3-6-4-5;2-1(3,4)8(5,6)7;;;/h3*3-7H,1-2H3;2-5H,1H3;(H,5,6,7);2*1H;/q;;;;;;;+2/p-3. The first-order valence-corrected chi connectivity index (χ1v) is 27.6. The van der Waals surface area contributed by atoms with Crippen molar-refractivity contribution in [1.29, 1.82) is 0 Å². The van der Waals surface area contributed by atoms with Gasteiger partial charge in [-0.15, -0.1) is 0 Å². The van der Waals surface area contributed by atoms with Crippen LogP contribution in [0.2, 0.25) is 0 Å². The minimum absolute atomic E-state index is 0.104. The van der Waals surface area contributed by atoms with Crippen LogP contribution >= 0.6 is 42.8 Å². The molecule has 14 heteroatoms. The third-order valence-electron chi connectivity index (χ3n) is 4.90. The van der Waals surface area contributed by atoms with Crippen molar-refractivity contribution < 1.29 is 42.1 Å². The Hall–Kier alpha value is -0.698. The molecule has 4 rings (SSSR count). The number of aliphatic imine (C=N–C) groups is 1. The van der Waals surface area contributed by atoms with E-state index < -0.39 is 31.6 Å². The van der Waals surface area contributed by atoms with Gasteiger partial charge in [-0.05, 0) is 55.9 Å². The average Bonchev–Trinajstić information content (AvgIpc) is 3.46. The second kappa shape index (κ2) is 26.4. The van der Waals surface area contributed by atoms with Gasteiger partial charge in [-0.25, -0.2) is 8.42 Å². The molecule has 247 valence electrons. The van der Waals surface area contributed by atoms with Gasteiger partial charge in [0.05, 0.1) is 0 Å². The monoisotopic (exact) mass is 901 g/mol. The number of alkyl halides is 3. The summed E-state index contributed by atoms with van der Waals surface area (Å²) in [6.07, 6.45) is 5.80. The van der Waals surface area contributed by atoms with E-state index in [4.69, 9.17) is 32.0 Å². The molecule has 1 aliphatic rings. The van der Waals surface area contributed by atoms with Crippen LogP contribution in [0.1, 0.15) is 6.92 Å². The Kier molecular flexibility index (Phi) is 27.2. The minimum atomic E-state index is -6.09. The van der Waals surface area contributed by atoms with E-state index in [1.165, 1.54) is 15.9 Å². The molecule has 0 saturated carbocycles. The molecular weight excluding hydrogens is 861 g/mol. The normalized spacial score (nSPS) is 13.1. The van der Waals surface area contributed by atoms with Gasteiger partial charge in [0.2, 0.25) is 0 Å². The summed E-state index contributed by atoms with van der Waals surface area (Å²) in [7, 11) is 4.06. The molecular formula is C30H40Cl2F3NO3P3ReS-. The SMILES string of the molecule is CC1C=CN=C1.CP(C)c1ccccc1.CP(C)c1ccccc1.CP(C)c1ccccc1.O=S(=O)([O-])C(F)(F)F.[Cl][Re][Cl]. The zero-order valence-electron chi connectivity index (χ0n) is 25.7. The Bertz CT molecular complexity index is 1160. The molecule has 1 atom stereocenters. The summed E-state index contributed by atoms with van der Waals surface area (Å²) in [5.41, 5.74) is -5.65. The first-order chi connectivity index (χ1) is 20.5. The maximum atomic E-state index is 10.7. The molecule has 0 N–H and O–H groups in total. The van der Waals surface area contributed by atoms with E-state index in [1.54, 1.807) is 0 Å². The number of hydrogen-bond acceptors (Lipinski definition) is 4. The van der Waals surface area contributed by atoms with Crippen LogP contribution in [-0.2, 0) is 26.1 Å². The van der Waals surface area contributed by atoms with Crippen molar-refractivity contribution in [2.45, 2.75) is 12.4 Å². The molecule has 3 aromatic carbocycles. The molecule has 1 heterocycles. The van der Waals surface area contributed by atoms with E-state index in [9.17, 15) is 13.2 Å². The van der Waals surface area contributed by atoms with Crippen LogP contribution in [0.25, 0.3) is 0 Å². The molecule has 0 fully saturated rings. The van der Waals surface area contributed by atoms with E-state index in [0.29, 0.717) is 5.92 Å². The second-order valence-electron chi connectivity index (χ2n) is 9.14. The number of allylic oxidation sites excluding steroid dienone is 1. The van der Waals surface area contributed by atoms with Crippen LogP contribution in [-0.4, -0.2) is 64.7 Å². The molecule has 1 aliphatic heterocycles. The number of hydrogen-bond donors (Lipinski definition) is 0. The maximum absolute atomic E-state index is 10.7. The number of halogens is 5. The first-order valence-electron chi connectivity index (χ1n) is 12.7. The van der Waals surface area contributed by atoms with Gasteiger partial charge >= 0.3 is 40.5 Å². The van der Waals surface area contributed by atoms with Crippen LogP contribution in [0.4, 0.5) is 13.2 Å². The third kappa shape index (κ3) is 25.5. The summed E-state index contributed by atoms with van der Waals surface area (Å²) >= 11 is -0.722. The molecule has 0 amide bonds. The van der Waals surface area contributed by atoms with Gasteiger partial charge in [-0.1, -0.05) is 128 Å². The Balaban J connectivity index is 0. The second-order valence-corrected chi connectivity index (χ2v) is 21.4. The molecule has 0 aromatic heterocycles. The first kappa shape index (κ1) is 45.4. The summed E-state index contributed by atoms with van der Waals surface area (Å²) in [5, 5.41) is 4.44. The molecule has 4 nitrogen and oxygen atoms in total. The summed E-state index contributed by atoms with van der Waals surface area (Å²) in [5.74, 6) is 0.574. The zero-order valence-corrected chi connectivity index (χ0v) is 33.4. The van der Waals surface area contributed by atoms with E-state index in [-0.39, 0.29) is 23.8 Å². The number of nitrogens with zero attached hydrogens (tertiary/aromatic N) is 1. The van der Waals surface area contributed by atoms with Crippen molar-refractivity contribution in [3.05, 3.63) is 103 Å². The van der Waals surface area contributed by atoms with Crippen molar-refractivity contribution >= 4 is 75.1 Å². The summed E-state index contributed by atoms with van der Waals surface area (Å²) in [6.45, 7) is 15.7. The molecule has 0 bridgehead atoms. The van der Waals surface area contributed by atoms with Crippen LogP contribution in [0.5, 0.6) is 0 Å². The number of benzene rings is 3. The van der Waals surface area contributed by atoms with Gasteiger partial charge in [0, 0.05) is 18.3 Å². The molecule has 0 saturated heterocycles. The summed E-state index contributed by atoms with van der Waals surface area (Å²) in [6, 6.07) is 31.9. The van der Waals surface area contributed by atoms with E-state index in [0.717, 1.165) is 0 Å². The van der Waals surface area contributed by atoms with Gasteiger partial charge in [0.15, 0.2) is 10.1 Å². The fourth-order valence-corrected chi connectivity index (χ4v) is 4.90. The fourth-order valence-electron chi connectivity index (χ4n) is 2.60. The Labute approximate surface area is 282 Å². The van der Waals surface area contributed by atoms with Gasteiger partial charge in [0.25, 0.3) is 0 Å². The van der Waals surface area contributed by atoms with Crippen molar-refractivity contribution in [2.75, 3.05) is 40.0 Å². The predicted molar refractivity (Wildman–Crippen MR) is 189 cm³/mol. The van der Waals surface area contributed by atoms with Crippen LogP contribution in [0.15, 0.2) is 108 Å². The third-order valence-corrected chi connectivity index (χ3v) is 9.46. The van der Waals surface area contributed by atoms with Crippen LogP contribution in [0.3, 0.4) is 0 Å². The quantitative estimate of drug-likeness (QED) is 0.150. The molecule has 0 aliphatic carbocycles. The van der Waals surface area contributed by atoms with Crippen LogP contribution in [0, 0.1) is 5.92 Å². The predicted octanol–water partition coefficient (Wildman–Crippen LogP) is 8.81. The van der Waals surface area contributed by atoms with Gasteiger partial charge in [-0.2, -0.15) is 13.2 Å². The Morgan fingerprint density at radius 1 is 0.705 bits per heavy atom. The molecule has 0 radical (unpaired) electrons. The van der Waals surface area contributed by atoms with E-state index in [2.05, 4.69) is 149 Å². The van der Waals surface area contributed by atoms with E-state index >= 15 is 0 Å². The van der Waals surface area contributed by atoms with Crippen molar-refractivity contribution in [1.82, 2.24) is 0 Å². The average molecular weight is 902 g/mol. The van der Waals surface area contributed by atoms with Crippen molar-refractivity contribution in [2.24, 2.45) is 10.9 Å². The topological polar surface area (TPSA) is 69.6 Å². The van der Waals surface area contributed by atoms with Crippen LogP contribution < -0.4 is 15.9 Å². The van der Waals surface area contributed by atoms with Crippen molar-refractivity contribution in [3.8, 4) is 0 Å². The summed E-state index contributed by atoms with van der Waals surface area (Å²) < 4.78 is 58.9. The molecule has 0 spiro atoms. The Morgan fingerprint density at radius 3 is 1.05 bits per heavy atom.